The molecular weight excluding hydrogens is 436 g/mol. The topological polar surface area (TPSA) is 84.1 Å². The van der Waals surface area contributed by atoms with Crippen molar-refractivity contribution < 1.29 is 0 Å². The lowest BCUT2D eigenvalue weighted by molar-refractivity contribution is 0.574. The van der Waals surface area contributed by atoms with Gasteiger partial charge in [-0.25, -0.2) is 19.5 Å². The van der Waals surface area contributed by atoms with Crippen LogP contribution in [-0.2, 0) is 0 Å². The number of rotatable bonds is 5. The average Bonchev–Trinajstić information content (AvgIpc) is 3.67. The third-order valence-corrected chi connectivity index (χ3v) is 6.93. The Hall–Kier alpha value is -4.07. The number of anilines is 3. The molecule has 35 heavy (non-hydrogen) atoms. The Labute approximate surface area is 203 Å². The number of piperidine rings is 1. The minimum Gasteiger partial charge on any atom is -0.356 e. The summed E-state index contributed by atoms with van der Waals surface area (Å²) in [6, 6.07) is 11.9. The smallest absolute Gasteiger partial charge is 0.162 e. The summed E-state index contributed by atoms with van der Waals surface area (Å²) in [5.74, 6) is 3.80. The van der Waals surface area contributed by atoms with E-state index in [0.29, 0.717) is 17.6 Å². The first kappa shape index (κ1) is 20.3. The van der Waals surface area contributed by atoms with Crippen molar-refractivity contribution in [1.82, 2.24) is 29.5 Å². The summed E-state index contributed by atoms with van der Waals surface area (Å²) in [5.41, 5.74) is 4.17. The summed E-state index contributed by atoms with van der Waals surface area (Å²) in [7, 11) is 0. The fourth-order valence-corrected chi connectivity index (χ4v) is 5.02. The molecule has 0 aromatic carbocycles. The molecule has 0 bridgehead atoms. The number of fused-ring (bicyclic) bond motifs is 2. The van der Waals surface area contributed by atoms with Crippen LogP contribution in [0.3, 0.4) is 0 Å². The number of aromatic nitrogens is 6. The van der Waals surface area contributed by atoms with Gasteiger partial charge in [0, 0.05) is 48.7 Å². The standard InChI is InChI=1S/C27H26N8/c1-3-11-34(12-4-1)27-25-21(18-7-8-18)16-28-17-22(25)30-26(32-27)19-9-10-29-23(14-19)31-24-15-20-6-2-5-13-35(20)33-24/h2,5-6,9-10,13-18H,1,3-4,7-8,11-12H2,(H,29,31,33). The fraction of sp³-hybridized carbons (Fsp3) is 0.296. The van der Waals surface area contributed by atoms with Gasteiger partial charge in [0.2, 0.25) is 0 Å². The first-order valence-electron chi connectivity index (χ1n) is 12.4. The highest BCUT2D eigenvalue weighted by Gasteiger charge is 2.29. The van der Waals surface area contributed by atoms with E-state index in [-0.39, 0.29) is 0 Å². The number of hydrogen-bond acceptors (Lipinski definition) is 7. The molecule has 2 aliphatic rings. The third-order valence-electron chi connectivity index (χ3n) is 6.93. The molecule has 8 heteroatoms. The van der Waals surface area contributed by atoms with Crippen LogP contribution in [0.1, 0.15) is 43.6 Å². The van der Waals surface area contributed by atoms with Crippen molar-refractivity contribution in [2.45, 2.75) is 38.0 Å². The van der Waals surface area contributed by atoms with Gasteiger partial charge in [-0.3, -0.25) is 4.98 Å². The Morgan fingerprint density at radius 1 is 0.914 bits per heavy atom. The maximum absolute atomic E-state index is 5.16. The molecule has 8 nitrogen and oxygen atoms in total. The molecule has 7 rings (SSSR count). The minimum absolute atomic E-state index is 0.589. The highest BCUT2D eigenvalue weighted by Crippen LogP contribution is 2.45. The predicted molar refractivity (Wildman–Crippen MR) is 137 cm³/mol. The van der Waals surface area contributed by atoms with Gasteiger partial charge in [0.25, 0.3) is 0 Å². The second kappa shape index (κ2) is 8.30. The summed E-state index contributed by atoms with van der Waals surface area (Å²) in [6.45, 7) is 2.07. The first-order valence-corrected chi connectivity index (χ1v) is 12.4. The maximum Gasteiger partial charge on any atom is 0.162 e. The van der Waals surface area contributed by atoms with Crippen molar-refractivity contribution >= 4 is 33.9 Å². The van der Waals surface area contributed by atoms with Gasteiger partial charge in [0.1, 0.15) is 11.6 Å². The van der Waals surface area contributed by atoms with Gasteiger partial charge < -0.3 is 10.2 Å². The first-order chi connectivity index (χ1) is 17.3. The van der Waals surface area contributed by atoms with Crippen LogP contribution in [0.25, 0.3) is 27.8 Å². The van der Waals surface area contributed by atoms with Crippen LogP contribution in [0.2, 0.25) is 0 Å². The predicted octanol–water partition coefficient (Wildman–Crippen LogP) is 5.35. The van der Waals surface area contributed by atoms with Crippen LogP contribution >= 0.6 is 0 Å². The van der Waals surface area contributed by atoms with Gasteiger partial charge in [0.05, 0.1) is 17.2 Å². The van der Waals surface area contributed by atoms with Gasteiger partial charge >= 0.3 is 0 Å². The molecule has 5 aromatic rings. The fourth-order valence-electron chi connectivity index (χ4n) is 5.02. The largest absolute Gasteiger partial charge is 0.356 e. The van der Waals surface area contributed by atoms with E-state index < -0.39 is 0 Å². The molecule has 0 spiro atoms. The molecule has 0 radical (unpaired) electrons. The van der Waals surface area contributed by atoms with E-state index in [1.165, 1.54) is 43.1 Å². The molecule has 2 fully saturated rings. The zero-order valence-electron chi connectivity index (χ0n) is 19.4. The number of hydrogen-bond donors (Lipinski definition) is 1. The van der Waals surface area contributed by atoms with E-state index in [9.17, 15) is 0 Å². The number of nitrogens with zero attached hydrogens (tertiary/aromatic N) is 7. The van der Waals surface area contributed by atoms with E-state index in [4.69, 9.17) is 9.97 Å². The molecule has 174 valence electrons. The van der Waals surface area contributed by atoms with E-state index >= 15 is 0 Å². The van der Waals surface area contributed by atoms with Gasteiger partial charge in [-0.15, -0.1) is 0 Å². The molecule has 1 N–H and O–H groups in total. The van der Waals surface area contributed by atoms with Crippen LogP contribution in [0, 0.1) is 0 Å². The van der Waals surface area contributed by atoms with E-state index in [0.717, 1.165) is 41.3 Å². The average molecular weight is 463 g/mol. The Bertz CT molecular complexity index is 1500. The number of pyridine rings is 3. The Morgan fingerprint density at radius 2 is 1.83 bits per heavy atom. The summed E-state index contributed by atoms with van der Waals surface area (Å²) in [4.78, 5) is 21.6. The highest BCUT2D eigenvalue weighted by atomic mass is 15.3. The molecule has 1 aliphatic carbocycles. The third kappa shape index (κ3) is 3.84. The lowest BCUT2D eigenvalue weighted by Crippen LogP contribution is -2.30. The van der Waals surface area contributed by atoms with E-state index in [2.05, 4.69) is 25.3 Å². The van der Waals surface area contributed by atoms with Crippen molar-refractivity contribution in [3.63, 3.8) is 0 Å². The molecule has 0 atom stereocenters. The molecule has 0 amide bonds. The Morgan fingerprint density at radius 3 is 2.69 bits per heavy atom. The molecule has 1 saturated carbocycles. The van der Waals surface area contributed by atoms with Crippen molar-refractivity contribution in [3.8, 4) is 11.4 Å². The summed E-state index contributed by atoms with van der Waals surface area (Å²) < 4.78 is 1.84. The highest BCUT2D eigenvalue weighted by molar-refractivity contribution is 5.94. The Kier molecular flexibility index (Phi) is 4.82. The maximum atomic E-state index is 5.16. The molecular formula is C27H26N8. The van der Waals surface area contributed by atoms with Crippen molar-refractivity contribution in [2.75, 3.05) is 23.3 Å². The normalized spacial score (nSPS) is 16.2. The zero-order valence-corrected chi connectivity index (χ0v) is 19.4. The quantitative estimate of drug-likeness (QED) is 0.377. The zero-order chi connectivity index (χ0) is 23.2. The van der Waals surface area contributed by atoms with Crippen molar-refractivity contribution in [2.24, 2.45) is 0 Å². The second-order valence-corrected chi connectivity index (χ2v) is 9.47. The summed E-state index contributed by atoms with van der Waals surface area (Å²) in [6.07, 6.45) is 13.8. The second-order valence-electron chi connectivity index (χ2n) is 9.47. The van der Waals surface area contributed by atoms with Crippen LogP contribution < -0.4 is 10.2 Å². The lowest BCUT2D eigenvalue weighted by Gasteiger charge is -2.29. The Balaban J connectivity index is 1.30. The van der Waals surface area contributed by atoms with Gasteiger partial charge in [-0.05, 0) is 67.9 Å². The van der Waals surface area contributed by atoms with Crippen LogP contribution in [-0.4, -0.2) is 42.6 Å². The van der Waals surface area contributed by atoms with Crippen molar-refractivity contribution in [1.29, 1.82) is 0 Å². The van der Waals surface area contributed by atoms with Crippen LogP contribution in [0.5, 0.6) is 0 Å². The summed E-state index contributed by atoms with van der Waals surface area (Å²) >= 11 is 0. The van der Waals surface area contributed by atoms with Gasteiger partial charge in [-0.2, -0.15) is 5.10 Å². The molecule has 1 aliphatic heterocycles. The van der Waals surface area contributed by atoms with Gasteiger partial charge in [-0.1, -0.05) is 6.07 Å². The lowest BCUT2D eigenvalue weighted by atomic mass is 10.1. The molecule has 0 unspecified atom stereocenters. The van der Waals surface area contributed by atoms with E-state index in [1.54, 1.807) is 6.20 Å². The van der Waals surface area contributed by atoms with E-state index in [1.807, 2.05) is 59.5 Å². The monoisotopic (exact) mass is 462 g/mol. The SMILES string of the molecule is c1ccn2nc(Nc3cc(-c4nc(N5CCCCC5)c5c(C6CC6)cncc5n4)ccn3)cc2c1. The minimum atomic E-state index is 0.589. The molecule has 6 heterocycles. The van der Waals surface area contributed by atoms with Crippen LogP contribution in [0.15, 0.2) is 61.2 Å². The number of nitrogens with one attached hydrogen (secondary N) is 1. The molecule has 5 aromatic heterocycles. The van der Waals surface area contributed by atoms with Gasteiger partial charge in [0.15, 0.2) is 11.6 Å². The molecule has 1 saturated heterocycles. The van der Waals surface area contributed by atoms with Crippen molar-refractivity contribution in [3.05, 3.63) is 66.7 Å². The summed E-state index contributed by atoms with van der Waals surface area (Å²) in [5, 5.41) is 9.09. The van der Waals surface area contributed by atoms with Crippen LogP contribution in [0.4, 0.5) is 17.5 Å².